The molecule has 0 bridgehead atoms. The number of morpholine rings is 1. The smallest absolute Gasteiger partial charge is 0.239 e. The van der Waals surface area contributed by atoms with Crippen molar-refractivity contribution in [2.45, 2.75) is 38.3 Å². The Hall–Kier alpha value is -1.82. The van der Waals surface area contributed by atoms with Crippen LogP contribution >= 0.6 is 11.3 Å². The first-order valence-corrected chi connectivity index (χ1v) is 13.5. The lowest BCUT2D eigenvalue weighted by Crippen LogP contribution is -2.39. The van der Waals surface area contributed by atoms with E-state index >= 15 is 0 Å². The molecule has 4 heterocycles. The van der Waals surface area contributed by atoms with Crippen LogP contribution in [0.3, 0.4) is 0 Å². The number of aromatic nitrogens is 2. The molecule has 31 heavy (non-hydrogen) atoms. The number of nitrogens with one attached hydrogen (secondary N) is 2. The van der Waals surface area contributed by atoms with E-state index < -0.39 is 9.84 Å². The van der Waals surface area contributed by atoms with Crippen molar-refractivity contribution in [3.63, 3.8) is 0 Å². The summed E-state index contributed by atoms with van der Waals surface area (Å²) in [7, 11) is -3.02. The Morgan fingerprint density at radius 1 is 1.23 bits per heavy atom. The van der Waals surface area contributed by atoms with Crippen molar-refractivity contribution in [3.05, 3.63) is 16.3 Å². The van der Waals surface area contributed by atoms with E-state index in [0.29, 0.717) is 18.8 Å². The highest BCUT2D eigenvalue weighted by atomic mass is 32.2. The molecule has 2 aromatic rings. The van der Waals surface area contributed by atoms with Gasteiger partial charge in [-0.1, -0.05) is 0 Å². The number of ether oxygens (including phenoxy) is 1. The first-order valence-electron chi connectivity index (χ1n) is 10.8. The molecule has 9 nitrogen and oxygen atoms in total. The minimum Gasteiger partial charge on any atom is -0.379 e. The van der Waals surface area contributed by atoms with E-state index in [1.165, 1.54) is 10.4 Å². The van der Waals surface area contributed by atoms with Gasteiger partial charge in [-0.15, -0.1) is 11.3 Å². The van der Waals surface area contributed by atoms with Crippen LogP contribution in [0.4, 0.5) is 5.82 Å². The molecular weight excluding hydrogens is 438 g/mol. The summed E-state index contributed by atoms with van der Waals surface area (Å²) in [6.07, 6.45) is 3.71. The second-order valence-corrected chi connectivity index (χ2v) is 11.7. The molecule has 0 saturated carbocycles. The van der Waals surface area contributed by atoms with Gasteiger partial charge in [-0.2, -0.15) is 0 Å². The van der Waals surface area contributed by atoms with Gasteiger partial charge in [0.2, 0.25) is 5.91 Å². The Morgan fingerprint density at radius 2 is 2.06 bits per heavy atom. The van der Waals surface area contributed by atoms with Gasteiger partial charge >= 0.3 is 0 Å². The largest absolute Gasteiger partial charge is 0.379 e. The fourth-order valence-corrected chi connectivity index (χ4v) is 7.50. The van der Waals surface area contributed by atoms with Crippen LogP contribution < -0.4 is 10.6 Å². The van der Waals surface area contributed by atoms with E-state index in [9.17, 15) is 13.2 Å². The molecule has 2 fully saturated rings. The zero-order valence-corrected chi connectivity index (χ0v) is 19.0. The molecular formula is C20H27N5O4S2. The van der Waals surface area contributed by atoms with E-state index in [4.69, 9.17) is 14.7 Å². The van der Waals surface area contributed by atoms with Gasteiger partial charge in [0.1, 0.15) is 16.5 Å². The number of thiophene rings is 1. The van der Waals surface area contributed by atoms with Crippen LogP contribution in [0, 0.1) is 0 Å². The van der Waals surface area contributed by atoms with Gasteiger partial charge in [0, 0.05) is 24.0 Å². The molecule has 2 aromatic heterocycles. The van der Waals surface area contributed by atoms with Gasteiger partial charge in [-0.25, -0.2) is 18.4 Å². The highest BCUT2D eigenvalue weighted by Gasteiger charge is 2.29. The topological polar surface area (TPSA) is 114 Å². The fraction of sp³-hybridized carbons (Fsp3) is 0.650. The minimum absolute atomic E-state index is 0.0260. The third kappa shape index (κ3) is 4.69. The Kier molecular flexibility index (Phi) is 5.84. The summed E-state index contributed by atoms with van der Waals surface area (Å²) in [5.41, 5.74) is 1.31. The van der Waals surface area contributed by atoms with Crippen molar-refractivity contribution in [2.75, 3.05) is 49.7 Å². The number of hydrogen-bond acceptors (Lipinski definition) is 9. The lowest BCUT2D eigenvalue weighted by atomic mass is 10.2. The molecule has 11 heteroatoms. The van der Waals surface area contributed by atoms with Crippen LogP contribution in [0.5, 0.6) is 0 Å². The summed E-state index contributed by atoms with van der Waals surface area (Å²) >= 11 is 1.74. The van der Waals surface area contributed by atoms with E-state index in [2.05, 4.69) is 15.5 Å². The molecule has 1 aliphatic carbocycles. The maximum atomic E-state index is 12.5. The second kappa shape index (κ2) is 8.61. The third-order valence-electron chi connectivity index (χ3n) is 6.09. The van der Waals surface area contributed by atoms with Gasteiger partial charge in [-0.3, -0.25) is 9.69 Å². The summed E-state index contributed by atoms with van der Waals surface area (Å²) in [6.45, 7) is 3.87. The van der Waals surface area contributed by atoms with E-state index in [0.717, 1.165) is 61.6 Å². The number of anilines is 1. The maximum Gasteiger partial charge on any atom is 0.239 e. The Labute approximate surface area is 185 Å². The maximum absolute atomic E-state index is 12.5. The van der Waals surface area contributed by atoms with Crippen molar-refractivity contribution in [3.8, 4) is 0 Å². The number of carbonyl (C=O) groups excluding carboxylic acids is 1. The zero-order valence-electron chi connectivity index (χ0n) is 17.4. The summed E-state index contributed by atoms with van der Waals surface area (Å²) in [6, 6.07) is -0.299. The molecule has 5 rings (SSSR count). The number of fused-ring (bicyclic) bond motifs is 3. The van der Waals surface area contributed by atoms with Gasteiger partial charge in [0.05, 0.1) is 43.2 Å². The number of nitrogens with zero attached hydrogens (tertiary/aromatic N) is 3. The molecule has 168 valence electrons. The normalized spacial score (nSPS) is 23.2. The fourth-order valence-electron chi connectivity index (χ4n) is 4.55. The average Bonchev–Trinajstić information content (AvgIpc) is 3.41. The predicted octanol–water partition coefficient (Wildman–Crippen LogP) is 0.727. The summed E-state index contributed by atoms with van der Waals surface area (Å²) in [4.78, 5) is 26.7. The summed E-state index contributed by atoms with van der Waals surface area (Å²) in [5, 5.41) is 7.10. The van der Waals surface area contributed by atoms with Gasteiger partial charge < -0.3 is 15.4 Å². The molecule has 0 aromatic carbocycles. The van der Waals surface area contributed by atoms with Gasteiger partial charge in [0.15, 0.2) is 9.84 Å². The summed E-state index contributed by atoms with van der Waals surface area (Å²) < 4.78 is 28.7. The quantitative estimate of drug-likeness (QED) is 0.642. The number of sulfone groups is 1. The van der Waals surface area contributed by atoms with Crippen molar-refractivity contribution < 1.29 is 17.9 Å². The van der Waals surface area contributed by atoms with Gasteiger partial charge in [-0.05, 0) is 31.2 Å². The van der Waals surface area contributed by atoms with Gasteiger partial charge in [0.25, 0.3) is 0 Å². The van der Waals surface area contributed by atoms with Crippen LogP contribution in [0.25, 0.3) is 10.2 Å². The molecule has 0 radical (unpaired) electrons. The monoisotopic (exact) mass is 465 g/mol. The molecule has 0 spiro atoms. The number of carbonyl (C=O) groups is 1. The average molecular weight is 466 g/mol. The molecule has 3 aliphatic rings. The highest BCUT2D eigenvalue weighted by Crippen LogP contribution is 2.39. The van der Waals surface area contributed by atoms with E-state index in [1.807, 2.05) is 0 Å². The molecule has 0 unspecified atom stereocenters. The first-order chi connectivity index (χ1) is 15.0. The lowest BCUT2D eigenvalue weighted by Gasteiger charge is -2.25. The molecule has 1 atom stereocenters. The standard InChI is InChI=1S/C20H27N5O4S2/c26-17(22-13-4-9-31(27,28)12-13)10-21-19-18-14-2-1-3-15(14)30-20(18)24-16(23-19)11-25-5-7-29-8-6-25/h13H,1-12H2,(H,22,26)(H,21,23,24)/t13-/m0/s1. The minimum atomic E-state index is -3.02. The lowest BCUT2D eigenvalue weighted by molar-refractivity contribution is -0.119. The van der Waals surface area contributed by atoms with Crippen LogP contribution in [-0.2, 0) is 38.8 Å². The van der Waals surface area contributed by atoms with Crippen molar-refractivity contribution in [1.82, 2.24) is 20.2 Å². The molecule has 1 amide bonds. The van der Waals surface area contributed by atoms with E-state index in [-0.39, 0.29) is 30.0 Å². The van der Waals surface area contributed by atoms with Crippen molar-refractivity contribution in [2.24, 2.45) is 0 Å². The molecule has 2 aliphatic heterocycles. The highest BCUT2D eigenvalue weighted by molar-refractivity contribution is 7.91. The van der Waals surface area contributed by atoms with Crippen LogP contribution in [0.1, 0.15) is 29.1 Å². The SMILES string of the molecule is O=C(CNc1nc(CN2CCOCC2)nc2sc3c(c12)CCC3)N[C@H]1CCS(=O)(=O)C1. The molecule has 2 N–H and O–H groups in total. The van der Waals surface area contributed by atoms with Crippen molar-refractivity contribution >= 4 is 43.1 Å². The number of hydrogen-bond donors (Lipinski definition) is 2. The predicted molar refractivity (Wildman–Crippen MR) is 119 cm³/mol. The third-order valence-corrected chi connectivity index (χ3v) is 9.05. The van der Waals surface area contributed by atoms with Crippen LogP contribution in [-0.4, -0.2) is 79.6 Å². The Balaban J connectivity index is 1.33. The number of rotatable bonds is 6. The zero-order chi connectivity index (χ0) is 21.4. The molecule has 2 saturated heterocycles. The Morgan fingerprint density at radius 3 is 2.84 bits per heavy atom. The Bertz CT molecular complexity index is 1090. The van der Waals surface area contributed by atoms with E-state index in [1.54, 1.807) is 11.3 Å². The van der Waals surface area contributed by atoms with Crippen LogP contribution in [0.15, 0.2) is 0 Å². The number of amides is 1. The second-order valence-electron chi connectivity index (χ2n) is 8.44. The first kappa shape index (κ1) is 21.0. The summed E-state index contributed by atoms with van der Waals surface area (Å²) in [5.74, 6) is 1.42. The van der Waals surface area contributed by atoms with Crippen molar-refractivity contribution in [1.29, 1.82) is 0 Å². The van der Waals surface area contributed by atoms with Crippen LogP contribution in [0.2, 0.25) is 0 Å². The number of aryl methyl sites for hydroxylation is 2.